The van der Waals surface area contributed by atoms with Crippen molar-refractivity contribution < 1.29 is 19.4 Å². The molecule has 176 valence electrons. The largest absolute Gasteiger partial charge is 0.497 e. The summed E-state index contributed by atoms with van der Waals surface area (Å²) in [6, 6.07) is 16.7. The van der Waals surface area contributed by atoms with Gasteiger partial charge < -0.3 is 25.0 Å². The van der Waals surface area contributed by atoms with E-state index in [-0.39, 0.29) is 17.5 Å². The number of methoxy groups -OCH3 is 1. The lowest BCUT2D eigenvalue weighted by Gasteiger charge is -2.42. The molecule has 1 amide bonds. The normalized spacial score (nSPS) is 15.7. The number of ether oxygens (including phenoxy) is 1. The van der Waals surface area contributed by atoms with E-state index < -0.39 is 5.97 Å². The zero-order valence-corrected chi connectivity index (χ0v) is 19.5. The third kappa shape index (κ3) is 4.96. The van der Waals surface area contributed by atoms with E-state index in [1.54, 1.807) is 31.4 Å². The smallest absolute Gasteiger partial charge is 0.339 e. The van der Waals surface area contributed by atoms with Crippen LogP contribution in [0.3, 0.4) is 0 Å². The van der Waals surface area contributed by atoms with Crippen LogP contribution in [0.1, 0.15) is 33.2 Å². The van der Waals surface area contributed by atoms with Crippen molar-refractivity contribution in [3.63, 3.8) is 0 Å². The van der Waals surface area contributed by atoms with E-state index in [4.69, 9.17) is 4.74 Å². The van der Waals surface area contributed by atoms with Crippen molar-refractivity contribution in [2.75, 3.05) is 41.9 Å². The molecule has 2 heterocycles. The van der Waals surface area contributed by atoms with Crippen molar-refractivity contribution >= 4 is 29.1 Å². The molecule has 2 N–H and O–H groups in total. The SMILES string of the molecule is COc1ccc(C(=O)Nc2cnc(N3CCN(c4cccc(C)c4)[C@H](C)C3)c(C(=O)O)c2)cc1. The number of carboxylic acid groups (broad SMARTS) is 1. The van der Waals surface area contributed by atoms with Gasteiger partial charge in [-0.3, -0.25) is 4.79 Å². The summed E-state index contributed by atoms with van der Waals surface area (Å²) in [4.78, 5) is 33.4. The van der Waals surface area contributed by atoms with Gasteiger partial charge in [0.15, 0.2) is 0 Å². The first-order chi connectivity index (χ1) is 16.4. The number of aromatic nitrogens is 1. The van der Waals surface area contributed by atoms with Gasteiger partial charge in [-0.1, -0.05) is 12.1 Å². The molecule has 3 aromatic rings. The number of carbonyl (C=O) groups excluding carboxylic acids is 1. The van der Waals surface area contributed by atoms with Crippen molar-refractivity contribution in [3.05, 3.63) is 77.5 Å². The monoisotopic (exact) mass is 460 g/mol. The molecule has 8 heteroatoms. The standard InChI is InChI=1S/C26H28N4O4/c1-17-5-4-6-21(13-17)30-12-11-29(16-18(30)2)24-23(26(32)33)14-20(15-27-24)28-25(31)19-7-9-22(34-3)10-8-19/h4-10,13-15,18H,11-12,16H2,1-3H3,(H,28,31)(H,32,33)/t18-/m1/s1. The van der Waals surface area contributed by atoms with Crippen LogP contribution in [0.5, 0.6) is 5.75 Å². The van der Waals surface area contributed by atoms with E-state index in [1.165, 1.54) is 17.8 Å². The summed E-state index contributed by atoms with van der Waals surface area (Å²) in [5, 5.41) is 12.6. The van der Waals surface area contributed by atoms with Crippen molar-refractivity contribution in [3.8, 4) is 5.75 Å². The Morgan fingerprint density at radius 3 is 2.53 bits per heavy atom. The number of pyridine rings is 1. The molecule has 0 aliphatic carbocycles. The molecule has 1 atom stereocenters. The maximum atomic E-state index is 12.6. The van der Waals surface area contributed by atoms with Gasteiger partial charge in [-0.25, -0.2) is 9.78 Å². The van der Waals surface area contributed by atoms with Crippen LogP contribution < -0.4 is 19.9 Å². The number of aryl methyl sites for hydroxylation is 1. The number of rotatable bonds is 6. The molecule has 1 saturated heterocycles. The molecule has 0 radical (unpaired) electrons. The lowest BCUT2D eigenvalue weighted by Crippen LogP contribution is -2.52. The first-order valence-corrected chi connectivity index (χ1v) is 11.1. The van der Waals surface area contributed by atoms with Crippen LogP contribution in [0.4, 0.5) is 17.2 Å². The average molecular weight is 461 g/mol. The molecular weight excluding hydrogens is 432 g/mol. The Morgan fingerprint density at radius 2 is 1.88 bits per heavy atom. The quantitative estimate of drug-likeness (QED) is 0.573. The van der Waals surface area contributed by atoms with Crippen LogP contribution in [-0.4, -0.2) is 54.8 Å². The first-order valence-electron chi connectivity index (χ1n) is 11.1. The fraction of sp³-hybridized carbons (Fsp3) is 0.269. The minimum atomic E-state index is -1.09. The highest BCUT2D eigenvalue weighted by atomic mass is 16.5. The summed E-state index contributed by atoms with van der Waals surface area (Å²) in [7, 11) is 1.55. The van der Waals surface area contributed by atoms with Crippen LogP contribution in [0.2, 0.25) is 0 Å². The summed E-state index contributed by atoms with van der Waals surface area (Å²) in [6.45, 7) is 6.23. The fourth-order valence-electron chi connectivity index (χ4n) is 4.22. The predicted molar refractivity (Wildman–Crippen MR) is 132 cm³/mol. The van der Waals surface area contributed by atoms with Gasteiger partial charge in [0.05, 0.1) is 19.0 Å². The van der Waals surface area contributed by atoms with Crippen molar-refractivity contribution in [1.29, 1.82) is 0 Å². The third-order valence-electron chi connectivity index (χ3n) is 5.97. The summed E-state index contributed by atoms with van der Waals surface area (Å²) in [5.74, 6) is -0.385. The topological polar surface area (TPSA) is 95.0 Å². The van der Waals surface area contributed by atoms with Gasteiger partial charge in [-0.15, -0.1) is 0 Å². The molecule has 0 saturated carbocycles. The highest BCUT2D eigenvalue weighted by Crippen LogP contribution is 2.27. The molecule has 8 nitrogen and oxygen atoms in total. The Bertz CT molecular complexity index is 1200. The summed E-state index contributed by atoms with van der Waals surface area (Å²) < 4.78 is 5.11. The Balaban J connectivity index is 1.50. The zero-order chi connectivity index (χ0) is 24.2. The maximum absolute atomic E-state index is 12.6. The number of nitrogens with one attached hydrogen (secondary N) is 1. The Kier molecular flexibility index (Phi) is 6.67. The number of carbonyl (C=O) groups is 2. The molecule has 0 bridgehead atoms. The number of hydrogen-bond acceptors (Lipinski definition) is 6. The first kappa shape index (κ1) is 23.1. The molecule has 4 rings (SSSR count). The van der Waals surface area contributed by atoms with Gasteiger partial charge >= 0.3 is 5.97 Å². The van der Waals surface area contributed by atoms with E-state index in [1.807, 2.05) is 11.0 Å². The highest BCUT2D eigenvalue weighted by molar-refractivity contribution is 6.05. The summed E-state index contributed by atoms with van der Waals surface area (Å²) >= 11 is 0. The molecule has 34 heavy (non-hydrogen) atoms. The Morgan fingerprint density at radius 1 is 1.12 bits per heavy atom. The number of benzene rings is 2. The maximum Gasteiger partial charge on any atom is 0.339 e. The zero-order valence-electron chi connectivity index (χ0n) is 19.5. The molecule has 1 aliphatic heterocycles. The average Bonchev–Trinajstić information content (AvgIpc) is 2.84. The number of amides is 1. The van der Waals surface area contributed by atoms with Gasteiger partial charge in [0.1, 0.15) is 17.1 Å². The van der Waals surface area contributed by atoms with Crippen LogP contribution >= 0.6 is 0 Å². The lowest BCUT2D eigenvalue weighted by atomic mass is 10.1. The van der Waals surface area contributed by atoms with E-state index in [2.05, 4.69) is 47.2 Å². The molecule has 1 aromatic heterocycles. The highest BCUT2D eigenvalue weighted by Gasteiger charge is 2.28. The van der Waals surface area contributed by atoms with E-state index in [9.17, 15) is 14.7 Å². The van der Waals surface area contributed by atoms with Crippen molar-refractivity contribution in [2.45, 2.75) is 19.9 Å². The lowest BCUT2D eigenvalue weighted by molar-refractivity contribution is 0.0696. The molecule has 1 fully saturated rings. The number of carboxylic acids is 1. The van der Waals surface area contributed by atoms with E-state index >= 15 is 0 Å². The van der Waals surface area contributed by atoms with E-state index in [0.717, 1.165) is 12.2 Å². The van der Waals surface area contributed by atoms with Crippen molar-refractivity contribution in [2.24, 2.45) is 0 Å². The fourth-order valence-corrected chi connectivity index (χ4v) is 4.22. The van der Waals surface area contributed by atoms with Crippen molar-refractivity contribution in [1.82, 2.24) is 4.98 Å². The number of aromatic carboxylic acids is 1. The molecule has 0 spiro atoms. The van der Waals surface area contributed by atoms with Crippen LogP contribution in [-0.2, 0) is 0 Å². The molecular formula is C26H28N4O4. The summed E-state index contributed by atoms with van der Waals surface area (Å²) in [5.41, 5.74) is 3.18. The van der Waals surface area contributed by atoms with E-state index in [0.29, 0.717) is 35.9 Å². The van der Waals surface area contributed by atoms with Gasteiger partial charge in [0.2, 0.25) is 0 Å². The second kappa shape index (κ2) is 9.82. The number of piperazine rings is 1. The third-order valence-corrected chi connectivity index (χ3v) is 5.97. The Labute approximate surface area is 198 Å². The number of nitrogens with zero attached hydrogens (tertiary/aromatic N) is 3. The van der Waals surface area contributed by atoms with Crippen LogP contribution in [0.25, 0.3) is 0 Å². The Hall–Kier alpha value is -4.07. The summed E-state index contributed by atoms with van der Waals surface area (Å²) in [6.07, 6.45) is 1.50. The van der Waals surface area contributed by atoms with Gasteiger partial charge in [-0.05, 0) is 61.9 Å². The second-order valence-electron chi connectivity index (χ2n) is 8.41. The minimum Gasteiger partial charge on any atom is -0.497 e. The van der Waals surface area contributed by atoms with Gasteiger partial charge in [0, 0.05) is 36.9 Å². The van der Waals surface area contributed by atoms with Crippen LogP contribution in [0.15, 0.2) is 60.8 Å². The second-order valence-corrected chi connectivity index (χ2v) is 8.41. The molecule has 1 aliphatic rings. The number of anilines is 3. The van der Waals surface area contributed by atoms with Gasteiger partial charge in [0.25, 0.3) is 5.91 Å². The van der Waals surface area contributed by atoms with Gasteiger partial charge in [-0.2, -0.15) is 0 Å². The number of hydrogen-bond donors (Lipinski definition) is 2. The molecule has 2 aromatic carbocycles. The van der Waals surface area contributed by atoms with Crippen LogP contribution in [0, 0.1) is 6.92 Å². The minimum absolute atomic E-state index is 0.0590. The molecule has 0 unspecified atom stereocenters. The predicted octanol–water partition coefficient (Wildman–Crippen LogP) is 4.06.